The highest BCUT2D eigenvalue weighted by atomic mass is 35.5. The number of aromatic nitrogens is 1. The van der Waals surface area contributed by atoms with Crippen molar-refractivity contribution in [1.29, 1.82) is 0 Å². The van der Waals surface area contributed by atoms with Crippen molar-refractivity contribution in [2.24, 2.45) is 0 Å². The van der Waals surface area contributed by atoms with E-state index in [1.54, 1.807) is 12.3 Å². The fourth-order valence-corrected chi connectivity index (χ4v) is 2.78. The van der Waals surface area contributed by atoms with Gasteiger partial charge in [-0.25, -0.2) is 9.78 Å². The van der Waals surface area contributed by atoms with E-state index in [1.807, 2.05) is 55.5 Å². The normalized spacial score (nSPS) is 10.5. The average Bonchev–Trinajstić information content (AvgIpc) is 2.61. The van der Waals surface area contributed by atoms with Crippen molar-refractivity contribution in [3.63, 3.8) is 0 Å². The lowest BCUT2D eigenvalue weighted by Gasteiger charge is -2.15. The van der Waals surface area contributed by atoms with Crippen LogP contribution < -0.4 is 4.74 Å². The molecule has 0 saturated carbocycles. The van der Waals surface area contributed by atoms with Crippen LogP contribution in [0.5, 0.6) is 5.75 Å². The van der Waals surface area contributed by atoms with Crippen LogP contribution in [-0.4, -0.2) is 16.1 Å². The number of aromatic carboxylic acids is 1. The lowest BCUT2D eigenvalue weighted by Crippen LogP contribution is -2.08. The Hall–Kier alpha value is -2.85. The van der Waals surface area contributed by atoms with Gasteiger partial charge in [-0.15, -0.1) is 0 Å². The molecule has 0 aliphatic carbocycles. The van der Waals surface area contributed by atoms with Gasteiger partial charge in [0.1, 0.15) is 6.61 Å². The molecule has 0 saturated heterocycles. The van der Waals surface area contributed by atoms with Gasteiger partial charge in [-0.1, -0.05) is 54.1 Å². The molecule has 126 valence electrons. The minimum Gasteiger partial charge on any atom is -0.486 e. The topological polar surface area (TPSA) is 59.4 Å². The zero-order valence-corrected chi connectivity index (χ0v) is 14.3. The van der Waals surface area contributed by atoms with E-state index in [2.05, 4.69) is 4.98 Å². The Bertz CT molecular complexity index is 910. The molecule has 0 bridgehead atoms. The van der Waals surface area contributed by atoms with Crippen LogP contribution in [0.3, 0.4) is 0 Å². The molecule has 1 heterocycles. The number of carboxylic acid groups (broad SMARTS) is 1. The number of rotatable bonds is 5. The first-order chi connectivity index (χ1) is 12.1. The van der Waals surface area contributed by atoms with E-state index >= 15 is 0 Å². The van der Waals surface area contributed by atoms with Crippen LogP contribution in [-0.2, 0) is 6.61 Å². The minimum atomic E-state index is -1.12. The first-order valence-electron chi connectivity index (χ1n) is 7.72. The lowest BCUT2D eigenvalue weighted by atomic mass is 10.0. The molecular weight excluding hydrogens is 338 g/mol. The van der Waals surface area contributed by atoms with Gasteiger partial charge in [0.25, 0.3) is 0 Å². The third-order valence-corrected chi connectivity index (χ3v) is 4.08. The van der Waals surface area contributed by atoms with Gasteiger partial charge in [-0.3, -0.25) is 0 Å². The van der Waals surface area contributed by atoms with Gasteiger partial charge in [0, 0.05) is 22.3 Å². The van der Waals surface area contributed by atoms with E-state index < -0.39 is 5.97 Å². The maximum atomic E-state index is 11.5. The van der Waals surface area contributed by atoms with Crippen molar-refractivity contribution in [3.8, 4) is 16.9 Å². The highest BCUT2D eigenvalue weighted by molar-refractivity contribution is 6.30. The predicted octanol–water partition coefficient (Wildman–Crippen LogP) is 4.99. The van der Waals surface area contributed by atoms with E-state index in [0.717, 1.165) is 16.7 Å². The number of hydrogen-bond acceptors (Lipinski definition) is 3. The summed E-state index contributed by atoms with van der Waals surface area (Å²) < 4.78 is 5.83. The molecule has 1 aromatic heterocycles. The van der Waals surface area contributed by atoms with Gasteiger partial charge in [0.15, 0.2) is 11.4 Å². The largest absolute Gasteiger partial charge is 0.486 e. The van der Waals surface area contributed by atoms with E-state index in [-0.39, 0.29) is 18.1 Å². The van der Waals surface area contributed by atoms with Gasteiger partial charge in [-0.05, 0) is 30.2 Å². The van der Waals surface area contributed by atoms with Crippen LogP contribution >= 0.6 is 11.6 Å². The summed E-state index contributed by atoms with van der Waals surface area (Å²) in [6.45, 7) is 2.09. The van der Waals surface area contributed by atoms with Crippen LogP contribution in [0.2, 0.25) is 5.02 Å². The molecule has 3 rings (SSSR count). The molecule has 0 amide bonds. The third-order valence-electron chi connectivity index (χ3n) is 3.85. The van der Waals surface area contributed by atoms with E-state index in [0.29, 0.717) is 10.6 Å². The molecule has 4 nitrogen and oxygen atoms in total. The number of carbonyl (C=O) groups is 1. The second kappa shape index (κ2) is 7.36. The molecule has 25 heavy (non-hydrogen) atoms. The highest BCUT2D eigenvalue weighted by Gasteiger charge is 2.19. The molecule has 0 aliphatic rings. The highest BCUT2D eigenvalue weighted by Crippen LogP contribution is 2.33. The number of pyridine rings is 1. The number of halogens is 1. The molecule has 0 fully saturated rings. The van der Waals surface area contributed by atoms with Crippen LogP contribution in [0, 0.1) is 6.92 Å². The average molecular weight is 354 g/mol. The van der Waals surface area contributed by atoms with E-state index in [9.17, 15) is 9.90 Å². The quantitative estimate of drug-likeness (QED) is 0.702. The summed E-state index contributed by atoms with van der Waals surface area (Å²) in [4.78, 5) is 15.6. The molecule has 3 aromatic rings. The van der Waals surface area contributed by atoms with Crippen molar-refractivity contribution in [1.82, 2.24) is 4.98 Å². The summed E-state index contributed by atoms with van der Waals surface area (Å²) in [6, 6.07) is 16.9. The van der Waals surface area contributed by atoms with Gasteiger partial charge >= 0.3 is 5.97 Å². The molecule has 0 unspecified atom stereocenters. The van der Waals surface area contributed by atoms with Crippen molar-refractivity contribution in [2.45, 2.75) is 13.5 Å². The Morgan fingerprint density at radius 3 is 2.60 bits per heavy atom. The van der Waals surface area contributed by atoms with Crippen molar-refractivity contribution < 1.29 is 14.6 Å². The fraction of sp³-hybridized carbons (Fsp3) is 0.100. The molecule has 1 N–H and O–H groups in total. The second-order valence-electron chi connectivity index (χ2n) is 5.56. The molecule has 0 radical (unpaired) electrons. The lowest BCUT2D eigenvalue weighted by molar-refractivity contribution is 0.0684. The summed E-state index contributed by atoms with van der Waals surface area (Å²) in [7, 11) is 0. The number of ether oxygens (including phenoxy) is 1. The zero-order chi connectivity index (χ0) is 17.8. The summed E-state index contributed by atoms with van der Waals surface area (Å²) in [5.41, 5.74) is 3.21. The summed E-state index contributed by atoms with van der Waals surface area (Å²) in [6.07, 6.45) is 1.54. The number of nitrogens with zero attached hydrogens (tertiary/aromatic N) is 1. The first-order valence-corrected chi connectivity index (χ1v) is 8.09. The second-order valence-corrected chi connectivity index (χ2v) is 6.00. The molecule has 2 aromatic carbocycles. The van der Waals surface area contributed by atoms with E-state index in [4.69, 9.17) is 16.3 Å². The molecule has 0 aliphatic heterocycles. The third kappa shape index (κ3) is 3.80. The molecular formula is C20H16ClNO3. The van der Waals surface area contributed by atoms with Crippen LogP contribution in [0.4, 0.5) is 0 Å². The maximum Gasteiger partial charge on any atom is 0.358 e. The fourth-order valence-electron chi connectivity index (χ4n) is 2.59. The van der Waals surface area contributed by atoms with Gasteiger partial charge in [0.2, 0.25) is 0 Å². The Kier molecular flexibility index (Phi) is 5.00. The SMILES string of the molecule is Cc1c(-c2cccc(Cl)c2)cnc(C(=O)O)c1OCc1ccccc1. The summed E-state index contributed by atoms with van der Waals surface area (Å²) >= 11 is 6.06. The van der Waals surface area contributed by atoms with Crippen molar-refractivity contribution in [3.05, 3.63) is 82.6 Å². The Morgan fingerprint density at radius 1 is 1.16 bits per heavy atom. The molecule has 0 spiro atoms. The van der Waals surface area contributed by atoms with Crippen LogP contribution in [0.25, 0.3) is 11.1 Å². The monoisotopic (exact) mass is 353 g/mol. The van der Waals surface area contributed by atoms with Crippen molar-refractivity contribution in [2.75, 3.05) is 0 Å². The summed E-state index contributed by atoms with van der Waals surface area (Å²) in [5.74, 6) is -0.849. The van der Waals surface area contributed by atoms with Gasteiger partial charge in [0.05, 0.1) is 0 Å². The van der Waals surface area contributed by atoms with Crippen LogP contribution in [0.15, 0.2) is 60.8 Å². The number of hydrogen-bond donors (Lipinski definition) is 1. The standard InChI is InChI=1S/C20H16ClNO3/c1-13-17(15-8-5-9-16(21)10-15)11-22-18(20(23)24)19(13)25-12-14-6-3-2-4-7-14/h2-11H,12H2,1H3,(H,23,24). The molecule has 0 atom stereocenters. The van der Waals surface area contributed by atoms with E-state index in [1.165, 1.54) is 0 Å². The molecule has 5 heteroatoms. The van der Waals surface area contributed by atoms with Crippen molar-refractivity contribution >= 4 is 17.6 Å². The zero-order valence-electron chi connectivity index (χ0n) is 13.6. The minimum absolute atomic E-state index is 0.0980. The smallest absolute Gasteiger partial charge is 0.358 e. The Morgan fingerprint density at radius 2 is 1.92 bits per heavy atom. The summed E-state index contributed by atoms with van der Waals surface area (Å²) in [5, 5.41) is 10.0. The van der Waals surface area contributed by atoms with Gasteiger partial charge in [-0.2, -0.15) is 0 Å². The van der Waals surface area contributed by atoms with Gasteiger partial charge < -0.3 is 9.84 Å². The Balaban J connectivity index is 2.02. The predicted molar refractivity (Wildman–Crippen MR) is 97.2 cm³/mol. The van der Waals surface area contributed by atoms with Crippen LogP contribution in [0.1, 0.15) is 21.6 Å². The Labute approximate surface area is 150 Å². The number of benzene rings is 2. The number of carboxylic acids is 1. The first kappa shape index (κ1) is 17.0. The maximum absolute atomic E-state index is 11.5.